The Balaban J connectivity index is 1.52. The second-order valence-electron chi connectivity index (χ2n) is 8.77. The smallest absolute Gasteiger partial charge is 0.240 e. The molecule has 2 aliphatic rings. The van der Waals surface area contributed by atoms with E-state index in [1.165, 1.54) is 0 Å². The molecular formula is C25H29N3O4S. The van der Waals surface area contributed by atoms with Crippen LogP contribution >= 0.6 is 0 Å². The van der Waals surface area contributed by atoms with E-state index < -0.39 is 10.0 Å². The molecule has 174 valence electrons. The first-order valence-electron chi connectivity index (χ1n) is 11.4. The molecule has 1 aliphatic carbocycles. The van der Waals surface area contributed by atoms with Gasteiger partial charge < -0.3 is 14.0 Å². The van der Waals surface area contributed by atoms with E-state index in [9.17, 15) is 8.42 Å². The monoisotopic (exact) mass is 467 g/mol. The van der Waals surface area contributed by atoms with Crippen molar-refractivity contribution < 1.29 is 17.9 Å². The third kappa shape index (κ3) is 4.43. The highest BCUT2D eigenvalue weighted by Crippen LogP contribution is 2.33. The fourth-order valence-corrected chi connectivity index (χ4v) is 5.71. The quantitative estimate of drug-likeness (QED) is 0.592. The lowest BCUT2D eigenvalue weighted by molar-refractivity contribution is 0.0666. The van der Waals surface area contributed by atoms with Gasteiger partial charge in [0.25, 0.3) is 0 Å². The summed E-state index contributed by atoms with van der Waals surface area (Å²) in [6.45, 7) is 3.41. The molecule has 0 saturated heterocycles. The van der Waals surface area contributed by atoms with Gasteiger partial charge in [-0.25, -0.2) is 18.1 Å². The third-order valence-corrected chi connectivity index (χ3v) is 8.00. The van der Waals surface area contributed by atoms with Crippen LogP contribution in [0.3, 0.4) is 0 Å². The molecule has 1 aliphatic heterocycles. The van der Waals surface area contributed by atoms with Crippen LogP contribution in [0.5, 0.6) is 5.75 Å². The molecule has 0 unspecified atom stereocenters. The van der Waals surface area contributed by atoms with E-state index in [0.717, 1.165) is 59.8 Å². The van der Waals surface area contributed by atoms with E-state index in [2.05, 4.69) is 16.2 Å². The van der Waals surface area contributed by atoms with Gasteiger partial charge in [-0.2, -0.15) is 0 Å². The van der Waals surface area contributed by atoms with E-state index in [1.54, 1.807) is 19.2 Å². The fraction of sp³-hybridized carbons (Fsp3) is 0.400. The molecule has 7 nitrogen and oxygen atoms in total. The van der Waals surface area contributed by atoms with E-state index in [-0.39, 0.29) is 17.0 Å². The second kappa shape index (κ2) is 8.93. The van der Waals surface area contributed by atoms with E-state index in [4.69, 9.17) is 14.5 Å². The molecule has 33 heavy (non-hydrogen) atoms. The van der Waals surface area contributed by atoms with Crippen molar-refractivity contribution >= 4 is 10.0 Å². The predicted molar refractivity (Wildman–Crippen MR) is 127 cm³/mol. The summed E-state index contributed by atoms with van der Waals surface area (Å²) in [6, 6.07) is 15.0. The summed E-state index contributed by atoms with van der Waals surface area (Å²) in [7, 11) is -1.85. The number of aromatic nitrogens is 2. The van der Waals surface area contributed by atoms with Crippen molar-refractivity contribution in [1.82, 2.24) is 14.3 Å². The van der Waals surface area contributed by atoms with Crippen molar-refractivity contribution in [2.24, 2.45) is 0 Å². The Morgan fingerprint density at radius 1 is 1.06 bits per heavy atom. The summed E-state index contributed by atoms with van der Waals surface area (Å²) in [4.78, 5) is 5.32. The first-order chi connectivity index (χ1) is 15.9. The maximum Gasteiger partial charge on any atom is 0.240 e. The lowest BCUT2D eigenvalue weighted by Gasteiger charge is -2.26. The molecule has 1 saturated carbocycles. The van der Waals surface area contributed by atoms with Crippen molar-refractivity contribution in [1.29, 1.82) is 0 Å². The largest absolute Gasteiger partial charge is 0.497 e. The number of hydrogen-bond donors (Lipinski definition) is 1. The van der Waals surface area contributed by atoms with Gasteiger partial charge in [0.05, 0.1) is 37.0 Å². The summed E-state index contributed by atoms with van der Waals surface area (Å²) in [6.07, 6.45) is 3.72. The van der Waals surface area contributed by atoms with Crippen LogP contribution in [0.1, 0.15) is 31.9 Å². The molecule has 8 heteroatoms. The molecule has 5 rings (SSSR count). The molecule has 1 atom stereocenters. The maximum atomic E-state index is 12.7. The van der Waals surface area contributed by atoms with Crippen molar-refractivity contribution in [2.45, 2.75) is 56.2 Å². The van der Waals surface area contributed by atoms with Crippen LogP contribution in [0.25, 0.3) is 22.6 Å². The van der Waals surface area contributed by atoms with Gasteiger partial charge in [-0.05, 0) is 56.2 Å². The van der Waals surface area contributed by atoms with E-state index in [1.807, 2.05) is 36.4 Å². The fourth-order valence-electron chi connectivity index (χ4n) is 4.40. The summed E-state index contributed by atoms with van der Waals surface area (Å²) < 4.78 is 41.6. The summed E-state index contributed by atoms with van der Waals surface area (Å²) in [5.74, 6) is 1.67. The molecule has 3 aromatic rings. The Morgan fingerprint density at radius 2 is 1.76 bits per heavy atom. The molecule has 0 amide bonds. The van der Waals surface area contributed by atoms with Crippen molar-refractivity contribution in [2.75, 3.05) is 13.7 Å². The molecule has 2 aromatic carbocycles. The minimum atomic E-state index is -3.50. The van der Waals surface area contributed by atoms with Crippen LogP contribution in [0.4, 0.5) is 0 Å². The standard InChI is InChI=1S/C25H29N3O4S/c1-17-16-28-23(14-15-32-17)24(26-25(28)19-6-10-21(31-2)11-7-19)18-8-12-22(13-9-18)33(29,30)27-20-4-3-5-20/h6-13,17,20,27H,3-5,14-16H2,1-2H3/t17-/m1/s1. The number of fused-ring (bicyclic) bond motifs is 1. The van der Waals surface area contributed by atoms with Crippen LogP contribution in [0.2, 0.25) is 0 Å². The van der Waals surface area contributed by atoms with Crippen LogP contribution in [0.15, 0.2) is 53.4 Å². The maximum absolute atomic E-state index is 12.7. The Hall–Kier alpha value is -2.68. The molecule has 1 aromatic heterocycles. The van der Waals surface area contributed by atoms with Crippen LogP contribution < -0.4 is 9.46 Å². The number of nitrogens with one attached hydrogen (secondary N) is 1. The number of methoxy groups -OCH3 is 1. The zero-order valence-corrected chi connectivity index (χ0v) is 19.8. The van der Waals surface area contributed by atoms with Crippen molar-refractivity contribution in [3.05, 3.63) is 54.2 Å². The number of hydrogen-bond acceptors (Lipinski definition) is 5. The van der Waals surface area contributed by atoms with Gasteiger partial charge >= 0.3 is 0 Å². The molecular weight excluding hydrogens is 438 g/mol. The number of sulfonamides is 1. The number of nitrogens with zero attached hydrogens (tertiary/aromatic N) is 2. The summed E-state index contributed by atoms with van der Waals surface area (Å²) in [5.41, 5.74) is 3.87. The topological polar surface area (TPSA) is 82.5 Å². The third-order valence-electron chi connectivity index (χ3n) is 6.47. The molecule has 2 heterocycles. The highest BCUT2D eigenvalue weighted by Gasteiger charge is 2.26. The average Bonchev–Trinajstić information content (AvgIpc) is 3.03. The molecule has 0 bridgehead atoms. The lowest BCUT2D eigenvalue weighted by atomic mass is 9.94. The lowest BCUT2D eigenvalue weighted by Crippen LogP contribution is -2.39. The molecule has 0 radical (unpaired) electrons. The van der Waals surface area contributed by atoms with E-state index in [0.29, 0.717) is 13.2 Å². The minimum absolute atomic E-state index is 0.0626. The normalized spacial score (nSPS) is 18.9. The first-order valence-corrected chi connectivity index (χ1v) is 12.9. The number of rotatable bonds is 6. The first kappa shape index (κ1) is 22.1. The van der Waals surface area contributed by atoms with Crippen LogP contribution in [0, 0.1) is 0 Å². The Morgan fingerprint density at radius 3 is 2.39 bits per heavy atom. The Kier molecular flexibility index (Phi) is 5.99. The summed E-state index contributed by atoms with van der Waals surface area (Å²) in [5, 5.41) is 0. The van der Waals surface area contributed by atoms with Gasteiger partial charge in [0, 0.05) is 29.3 Å². The highest BCUT2D eigenvalue weighted by molar-refractivity contribution is 7.89. The molecule has 1 N–H and O–H groups in total. The number of ether oxygens (including phenoxy) is 2. The van der Waals surface area contributed by atoms with E-state index >= 15 is 0 Å². The zero-order valence-electron chi connectivity index (χ0n) is 19.0. The van der Waals surface area contributed by atoms with Crippen molar-refractivity contribution in [3.8, 4) is 28.4 Å². The molecule has 0 spiro atoms. The minimum Gasteiger partial charge on any atom is -0.497 e. The van der Waals surface area contributed by atoms with Crippen LogP contribution in [-0.2, 0) is 27.7 Å². The van der Waals surface area contributed by atoms with Gasteiger partial charge in [0.2, 0.25) is 10.0 Å². The predicted octanol–water partition coefficient (Wildman–Crippen LogP) is 4.02. The zero-order chi connectivity index (χ0) is 23.0. The number of imidazole rings is 1. The molecule has 1 fully saturated rings. The SMILES string of the molecule is COc1ccc(-c2nc(-c3ccc(S(=O)(=O)NC4CCC4)cc3)c3n2C[C@@H](C)OCC3)cc1. The second-order valence-corrected chi connectivity index (χ2v) is 10.5. The van der Waals surface area contributed by atoms with Gasteiger partial charge in [0.1, 0.15) is 11.6 Å². The van der Waals surface area contributed by atoms with Gasteiger partial charge in [-0.3, -0.25) is 0 Å². The number of benzene rings is 2. The average molecular weight is 468 g/mol. The van der Waals surface area contributed by atoms with Crippen LogP contribution in [-0.4, -0.2) is 43.8 Å². The highest BCUT2D eigenvalue weighted by atomic mass is 32.2. The van der Waals surface area contributed by atoms with Gasteiger partial charge in [0.15, 0.2) is 0 Å². The van der Waals surface area contributed by atoms with Gasteiger partial charge in [-0.15, -0.1) is 0 Å². The van der Waals surface area contributed by atoms with Crippen molar-refractivity contribution in [3.63, 3.8) is 0 Å². The Bertz CT molecular complexity index is 1230. The van der Waals surface area contributed by atoms with Gasteiger partial charge in [-0.1, -0.05) is 18.6 Å². The Labute approximate surface area is 194 Å². The summed E-state index contributed by atoms with van der Waals surface area (Å²) >= 11 is 0.